The molecule has 0 bridgehead atoms. The van der Waals surface area contributed by atoms with Gasteiger partial charge in [-0.05, 0) is 29.8 Å². The highest BCUT2D eigenvalue weighted by atomic mass is 16.7. The zero-order valence-corrected chi connectivity index (χ0v) is 8.56. The fourth-order valence-electron chi connectivity index (χ4n) is 1.55. The van der Waals surface area contributed by atoms with Crippen LogP contribution in [-0.2, 0) is 0 Å². The van der Waals surface area contributed by atoms with Gasteiger partial charge in [0.2, 0.25) is 5.88 Å². The summed E-state index contributed by atoms with van der Waals surface area (Å²) >= 11 is 0. The van der Waals surface area contributed by atoms with Crippen molar-refractivity contribution in [3.05, 3.63) is 40.7 Å². The minimum Gasteiger partial charge on any atom is -0.480 e. The predicted octanol–water partition coefficient (Wildman–Crippen LogP) is 1.02. The van der Waals surface area contributed by atoms with Crippen LogP contribution in [0.15, 0.2) is 35.3 Å². The van der Waals surface area contributed by atoms with Gasteiger partial charge in [0.15, 0.2) is 5.43 Å². The monoisotopic (exact) mass is 205 g/mol. The number of ether oxygens (including phenoxy) is 1. The zero-order chi connectivity index (χ0) is 10.8. The molecule has 0 radical (unpaired) electrons. The van der Waals surface area contributed by atoms with Crippen molar-refractivity contribution in [1.82, 2.24) is 4.73 Å². The van der Waals surface area contributed by atoms with E-state index in [9.17, 15) is 4.79 Å². The van der Waals surface area contributed by atoms with Gasteiger partial charge in [0.25, 0.3) is 0 Å². The molecule has 0 aromatic heterocycles. The predicted molar refractivity (Wildman–Crippen MR) is 56.4 cm³/mol. The van der Waals surface area contributed by atoms with Crippen molar-refractivity contribution in [2.75, 3.05) is 14.2 Å². The van der Waals surface area contributed by atoms with Crippen LogP contribution in [0.4, 0.5) is 0 Å². The summed E-state index contributed by atoms with van der Waals surface area (Å²) in [7, 11) is 3.12. The van der Waals surface area contributed by atoms with E-state index in [2.05, 4.69) is 0 Å². The van der Waals surface area contributed by atoms with Gasteiger partial charge in [0.1, 0.15) is 7.11 Å². The van der Waals surface area contributed by atoms with Gasteiger partial charge in [-0.2, -0.15) is 4.73 Å². The Labute approximate surface area is 87.0 Å². The molecule has 4 nitrogen and oxygen atoms in total. The van der Waals surface area contributed by atoms with Gasteiger partial charge < -0.3 is 9.57 Å². The van der Waals surface area contributed by atoms with Crippen LogP contribution < -0.4 is 15.0 Å². The Morgan fingerprint density at radius 3 is 2.67 bits per heavy atom. The minimum absolute atomic E-state index is 0.0141. The van der Waals surface area contributed by atoms with Gasteiger partial charge >= 0.3 is 0 Å². The second-order valence-corrected chi connectivity index (χ2v) is 3.08. The molecule has 78 valence electrons. The van der Waals surface area contributed by atoms with Crippen LogP contribution in [0.25, 0.3) is 11.1 Å². The Bertz CT molecular complexity index is 504. The van der Waals surface area contributed by atoms with Gasteiger partial charge in [-0.3, -0.25) is 4.79 Å². The molecule has 0 aromatic rings. The normalized spacial score (nSPS) is 10.3. The summed E-state index contributed by atoms with van der Waals surface area (Å²) in [6, 6.07) is 6.61. The van der Waals surface area contributed by atoms with Gasteiger partial charge in [0.05, 0.1) is 7.11 Å². The number of aromatic nitrogens is 1. The van der Waals surface area contributed by atoms with E-state index in [1.165, 1.54) is 10.8 Å². The number of rotatable bonds is 2. The van der Waals surface area contributed by atoms with E-state index >= 15 is 0 Å². The second-order valence-electron chi connectivity index (χ2n) is 3.08. The fraction of sp³-hybridized carbons (Fsp3) is 0.182. The zero-order valence-electron chi connectivity index (χ0n) is 8.56. The molecule has 0 saturated carbocycles. The fourth-order valence-corrected chi connectivity index (χ4v) is 1.55. The molecule has 15 heavy (non-hydrogen) atoms. The molecule has 0 fully saturated rings. The van der Waals surface area contributed by atoms with E-state index in [4.69, 9.17) is 9.57 Å². The molecular formula is C11H11NO3. The molecule has 1 heterocycles. The van der Waals surface area contributed by atoms with E-state index < -0.39 is 0 Å². The molecule has 0 atom stereocenters. The molecular weight excluding hydrogens is 194 g/mol. The van der Waals surface area contributed by atoms with Crippen LogP contribution >= 0.6 is 0 Å². The van der Waals surface area contributed by atoms with Crippen molar-refractivity contribution < 1.29 is 9.57 Å². The Morgan fingerprint density at radius 2 is 2.00 bits per heavy atom. The molecule has 0 saturated heterocycles. The summed E-state index contributed by atoms with van der Waals surface area (Å²) in [5.74, 6) is 0.579. The number of nitrogens with zero attached hydrogens (tertiary/aromatic N) is 1. The first kappa shape index (κ1) is 9.58. The van der Waals surface area contributed by atoms with Gasteiger partial charge in [-0.1, -0.05) is 0 Å². The van der Waals surface area contributed by atoms with E-state index in [1.807, 2.05) is 6.07 Å². The summed E-state index contributed by atoms with van der Waals surface area (Å²) in [6.45, 7) is 0. The first-order valence-electron chi connectivity index (χ1n) is 4.50. The number of hydrogen-bond donors (Lipinski definition) is 0. The molecule has 1 aliphatic heterocycles. The maximum Gasteiger partial charge on any atom is 0.234 e. The third-order valence-corrected chi connectivity index (χ3v) is 2.23. The lowest BCUT2D eigenvalue weighted by atomic mass is 10.1. The van der Waals surface area contributed by atoms with Crippen molar-refractivity contribution in [3.63, 3.8) is 0 Å². The third kappa shape index (κ3) is 1.54. The number of pyridine rings is 1. The van der Waals surface area contributed by atoms with Crippen molar-refractivity contribution in [3.8, 4) is 17.0 Å². The Hall–Kier alpha value is -1.97. The summed E-state index contributed by atoms with van der Waals surface area (Å²) in [5.41, 5.74) is 1.67. The smallest absolute Gasteiger partial charge is 0.234 e. The van der Waals surface area contributed by atoms with E-state index in [0.29, 0.717) is 5.88 Å². The van der Waals surface area contributed by atoms with Crippen LogP contribution in [0.5, 0.6) is 5.88 Å². The molecule has 1 aliphatic carbocycles. The standard InChI is InChI=1S/C11H11NO3/c1-14-11-10-4-3-9(13)7-8(10)5-6-12(11)15-2/h3-7H,1-2H3. The van der Waals surface area contributed by atoms with Gasteiger partial charge in [0, 0.05) is 11.8 Å². The first-order chi connectivity index (χ1) is 7.26. The number of hydrogen-bond acceptors (Lipinski definition) is 3. The SMILES string of the molecule is COc1c2ccc(=O)cc-2ccn1OC. The Balaban J connectivity index is 2.76. The van der Waals surface area contributed by atoms with Crippen molar-refractivity contribution in [1.29, 1.82) is 0 Å². The van der Waals surface area contributed by atoms with Gasteiger partial charge in [-0.15, -0.1) is 0 Å². The quantitative estimate of drug-likeness (QED) is 0.735. The van der Waals surface area contributed by atoms with Crippen LogP contribution in [0.2, 0.25) is 0 Å². The maximum atomic E-state index is 11.2. The molecule has 0 amide bonds. The van der Waals surface area contributed by atoms with Crippen molar-refractivity contribution in [2.45, 2.75) is 0 Å². The average molecular weight is 205 g/mol. The topological polar surface area (TPSA) is 40.5 Å². The molecule has 0 spiro atoms. The highest BCUT2D eigenvalue weighted by Gasteiger charge is 2.12. The Kier molecular flexibility index (Phi) is 2.33. The van der Waals surface area contributed by atoms with Crippen LogP contribution in [0, 0.1) is 0 Å². The summed E-state index contributed by atoms with van der Waals surface area (Å²) in [4.78, 5) is 16.2. The lowest BCUT2D eigenvalue weighted by Crippen LogP contribution is -2.11. The first-order valence-corrected chi connectivity index (χ1v) is 4.50. The minimum atomic E-state index is -0.0141. The molecule has 2 aliphatic rings. The number of benzene rings is 1. The third-order valence-electron chi connectivity index (χ3n) is 2.23. The van der Waals surface area contributed by atoms with Gasteiger partial charge in [-0.25, -0.2) is 0 Å². The summed E-state index contributed by atoms with van der Waals surface area (Å²) < 4.78 is 6.73. The molecule has 0 unspecified atom stereocenters. The molecule has 0 N–H and O–H groups in total. The maximum absolute atomic E-state index is 11.2. The number of methoxy groups -OCH3 is 1. The van der Waals surface area contributed by atoms with Crippen LogP contribution in [0.3, 0.4) is 0 Å². The molecule has 0 aromatic carbocycles. The van der Waals surface area contributed by atoms with E-state index in [-0.39, 0.29) is 5.43 Å². The average Bonchev–Trinajstić information content (AvgIpc) is 2.27. The lowest BCUT2D eigenvalue weighted by Gasteiger charge is -2.15. The molecule has 4 heteroatoms. The molecule has 2 rings (SSSR count). The van der Waals surface area contributed by atoms with E-state index in [0.717, 1.165) is 11.1 Å². The Morgan fingerprint density at radius 1 is 1.20 bits per heavy atom. The van der Waals surface area contributed by atoms with E-state index in [1.54, 1.807) is 32.5 Å². The number of fused-ring (bicyclic) bond motifs is 1. The lowest BCUT2D eigenvalue weighted by molar-refractivity contribution is 0.137. The summed E-state index contributed by atoms with van der Waals surface area (Å²) in [5, 5.41) is 0. The largest absolute Gasteiger partial charge is 0.480 e. The van der Waals surface area contributed by atoms with Crippen LogP contribution in [-0.4, -0.2) is 19.0 Å². The second kappa shape index (κ2) is 3.65. The van der Waals surface area contributed by atoms with Crippen LogP contribution in [0.1, 0.15) is 0 Å². The highest BCUT2D eigenvalue weighted by molar-refractivity contribution is 5.69. The van der Waals surface area contributed by atoms with Crippen molar-refractivity contribution >= 4 is 0 Å². The summed E-state index contributed by atoms with van der Waals surface area (Å²) in [6.07, 6.45) is 1.71. The highest BCUT2D eigenvalue weighted by Crippen LogP contribution is 2.29. The van der Waals surface area contributed by atoms with Crippen molar-refractivity contribution in [2.24, 2.45) is 0 Å².